The van der Waals surface area contributed by atoms with Gasteiger partial charge in [0, 0.05) is 6.61 Å². The summed E-state index contributed by atoms with van der Waals surface area (Å²) in [6, 6.07) is 0. The molecular formula is C15H29NO. The Labute approximate surface area is 106 Å². The van der Waals surface area contributed by atoms with Gasteiger partial charge in [-0.15, -0.1) is 0 Å². The molecule has 0 aromatic rings. The molecule has 1 fully saturated rings. The SMILES string of the molecule is OCCCNCCCCCCCC=C1CCC1. The number of aliphatic hydroxyl groups is 1. The standard InChI is InChI=1S/C15H29NO/c17-14-8-13-16-12-6-4-2-1-3-5-9-15-10-7-11-15/h9,16-17H,1-8,10-14H2. The minimum atomic E-state index is 0.308. The summed E-state index contributed by atoms with van der Waals surface area (Å²) in [7, 11) is 0. The van der Waals surface area contributed by atoms with E-state index in [0.717, 1.165) is 19.5 Å². The molecule has 2 heteroatoms. The highest BCUT2D eigenvalue weighted by Gasteiger charge is 2.06. The van der Waals surface area contributed by atoms with Crippen molar-refractivity contribution >= 4 is 0 Å². The number of unbranched alkanes of at least 4 members (excludes halogenated alkanes) is 5. The topological polar surface area (TPSA) is 32.3 Å². The molecule has 1 rings (SSSR count). The van der Waals surface area contributed by atoms with Crippen molar-refractivity contribution in [3.05, 3.63) is 11.6 Å². The molecule has 0 saturated heterocycles. The van der Waals surface area contributed by atoms with Crippen LogP contribution in [0.4, 0.5) is 0 Å². The van der Waals surface area contributed by atoms with Crippen molar-refractivity contribution in [2.75, 3.05) is 19.7 Å². The van der Waals surface area contributed by atoms with E-state index in [1.807, 2.05) is 0 Å². The predicted molar refractivity (Wildman–Crippen MR) is 74.2 cm³/mol. The predicted octanol–water partition coefficient (Wildman–Crippen LogP) is 3.41. The van der Waals surface area contributed by atoms with Crippen LogP contribution in [0.5, 0.6) is 0 Å². The summed E-state index contributed by atoms with van der Waals surface area (Å²) in [5, 5.41) is 12.0. The van der Waals surface area contributed by atoms with E-state index in [2.05, 4.69) is 11.4 Å². The van der Waals surface area contributed by atoms with Gasteiger partial charge in [-0.25, -0.2) is 0 Å². The first kappa shape index (κ1) is 14.7. The van der Waals surface area contributed by atoms with Crippen LogP contribution in [-0.2, 0) is 0 Å². The van der Waals surface area contributed by atoms with Gasteiger partial charge in [0.05, 0.1) is 0 Å². The van der Waals surface area contributed by atoms with Crippen molar-refractivity contribution in [1.82, 2.24) is 5.32 Å². The third kappa shape index (κ3) is 8.39. The Hall–Kier alpha value is -0.340. The van der Waals surface area contributed by atoms with Crippen LogP contribution < -0.4 is 5.32 Å². The molecule has 0 unspecified atom stereocenters. The molecule has 0 amide bonds. The first-order chi connectivity index (χ1) is 8.43. The van der Waals surface area contributed by atoms with Gasteiger partial charge >= 0.3 is 0 Å². The number of hydrogen-bond acceptors (Lipinski definition) is 2. The Bertz CT molecular complexity index is 195. The molecule has 0 radical (unpaired) electrons. The van der Waals surface area contributed by atoms with E-state index in [-0.39, 0.29) is 0 Å². The Balaban J connectivity index is 1.69. The molecule has 2 N–H and O–H groups in total. The highest BCUT2D eigenvalue weighted by Crippen LogP contribution is 2.25. The average Bonchev–Trinajstić information content (AvgIpc) is 2.28. The van der Waals surface area contributed by atoms with Crippen LogP contribution in [0.2, 0.25) is 0 Å². The quantitative estimate of drug-likeness (QED) is 0.428. The maximum Gasteiger partial charge on any atom is 0.0443 e. The van der Waals surface area contributed by atoms with E-state index in [1.165, 1.54) is 57.8 Å². The molecule has 0 atom stereocenters. The zero-order chi connectivity index (χ0) is 12.2. The van der Waals surface area contributed by atoms with Crippen molar-refractivity contribution in [2.45, 2.75) is 64.2 Å². The van der Waals surface area contributed by atoms with Gasteiger partial charge in [-0.3, -0.25) is 0 Å². The van der Waals surface area contributed by atoms with Crippen molar-refractivity contribution in [3.8, 4) is 0 Å². The fourth-order valence-electron chi connectivity index (χ4n) is 2.14. The molecular weight excluding hydrogens is 210 g/mol. The van der Waals surface area contributed by atoms with Crippen molar-refractivity contribution < 1.29 is 5.11 Å². The lowest BCUT2D eigenvalue weighted by atomic mass is 9.91. The molecule has 1 saturated carbocycles. The van der Waals surface area contributed by atoms with Gasteiger partial charge in [-0.1, -0.05) is 30.9 Å². The van der Waals surface area contributed by atoms with E-state index in [1.54, 1.807) is 5.57 Å². The molecule has 2 nitrogen and oxygen atoms in total. The summed E-state index contributed by atoms with van der Waals surface area (Å²) in [5.41, 5.74) is 1.71. The molecule has 0 aromatic heterocycles. The Morgan fingerprint density at radius 3 is 2.35 bits per heavy atom. The average molecular weight is 239 g/mol. The fraction of sp³-hybridized carbons (Fsp3) is 0.867. The monoisotopic (exact) mass is 239 g/mol. The maximum absolute atomic E-state index is 8.61. The van der Waals surface area contributed by atoms with Crippen LogP contribution in [-0.4, -0.2) is 24.8 Å². The van der Waals surface area contributed by atoms with Gasteiger partial charge in [0.2, 0.25) is 0 Å². The number of rotatable bonds is 11. The van der Waals surface area contributed by atoms with Crippen LogP contribution in [0.1, 0.15) is 64.2 Å². The van der Waals surface area contributed by atoms with E-state index in [0.29, 0.717) is 6.61 Å². The third-order valence-electron chi connectivity index (χ3n) is 3.50. The number of hydrogen-bond donors (Lipinski definition) is 2. The molecule has 0 heterocycles. The minimum Gasteiger partial charge on any atom is -0.396 e. The molecule has 100 valence electrons. The molecule has 0 aromatic carbocycles. The lowest BCUT2D eigenvalue weighted by molar-refractivity contribution is 0.286. The van der Waals surface area contributed by atoms with Gasteiger partial charge < -0.3 is 10.4 Å². The molecule has 0 spiro atoms. The van der Waals surface area contributed by atoms with Crippen molar-refractivity contribution in [2.24, 2.45) is 0 Å². The summed E-state index contributed by atoms with van der Waals surface area (Å²) in [6.07, 6.45) is 15.6. The van der Waals surface area contributed by atoms with E-state index < -0.39 is 0 Å². The smallest absolute Gasteiger partial charge is 0.0443 e. The van der Waals surface area contributed by atoms with Crippen LogP contribution in [0.15, 0.2) is 11.6 Å². The summed E-state index contributed by atoms with van der Waals surface area (Å²) in [6.45, 7) is 2.39. The van der Waals surface area contributed by atoms with Crippen LogP contribution in [0.3, 0.4) is 0 Å². The van der Waals surface area contributed by atoms with Crippen molar-refractivity contribution in [3.63, 3.8) is 0 Å². The maximum atomic E-state index is 8.61. The summed E-state index contributed by atoms with van der Waals surface area (Å²) < 4.78 is 0. The Morgan fingerprint density at radius 2 is 1.65 bits per heavy atom. The zero-order valence-corrected chi connectivity index (χ0v) is 11.2. The zero-order valence-electron chi connectivity index (χ0n) is 11.2. The molecule has 0 bridgehead atoms. The van der Waals surface area contributed by atoms with Crippen LogP contribution in [0, 0.1) is 0 Å². The van der Waals surface area contributed by atoms with Gasteiger partial charge in [0.15, 0.2) is 0 Å². The van der Waals surface area contributed by atoms with E-state index >= 15 is 0 Å². The summed E-state index contributed by atoms with van der Waals surface area (Å²) in [4.78, 5) is 0. The Kier molecular flexibility index (Phi) is 9.34. The molecule has 1 aliphatic rings. The second kappa shape index (κ2) is 10.8. The number of aliphatic hydroxyl groups excluding tert-OH is 1. The second-order valence-corrected chi connectivity index (χ2v) is 5.10. The summed E-state index contributed by atoms with van der Waals surface area (Å²) >= 11 is 0. The van der Waals surface area contributed by atoms with Gasteiger partial charge in [-0.2, -0.15) is 0 Å². The lowest BCUT2D eigenvalue weighted by Gasteiger charge is -2.15. The summed E-state index contributed by atoms with van der Waals surface area (Å²) in [5.74, 6) is 0. The largest absolute Gasteiger partial charge is 0.396 e. The van der Waals surface area contributed by atoms with Gasteiger partial charge in [-0.05, 0) is 58.0 Å². The van der Waals surface area contributed by atoms with E-state index in [4.69, 9.17) is 5.11 Å². The fourth-order valence-corrected chi connectivity index (χ4v) is 2.14. The van der Waals surface area contributed by atoms with Gasteiger partial charge in [0.25, 0.3) is 0 Å². The normalized spacial score (nSPS) is 14.8. The van der Waals surface area contributed by atoms with Gasteiger partial charge in [0.1, 0.15) is 0 Å². The highest BCUT2D eigenvalue weighted by atomic mass is 16.3. The van der Waals surface area contributed by atoms with E-state index in [9.17, 15) is 0 Å². The first-order valence-electron chi connectivity index (χ1n) is 7.43. The molecule has 17 heavy (non-hydrogen) atoms. The second-order valence-electron chi connectivity index (χ2n) is 5.10. The lowest BCUT2D eigenvalue weighted by Crippen LogP contribution is -2.17. The number of nitrogens with one attached hydrogen (secondary N) is 1. The van der Waals surface area contributed by atoms with Crippen LogP contribution in [0.25, 0.3) is 0 Å². The van der Waals surface area contributed by atoms with Crippen molar-refractivity contribution in [1.29, 1.82) is 0 Å². The highest BCUT2D eigenvalue weighted by molar-refractivity contribution is 5.08. The third-order valence-corrected chi connectivity index (χ3v) is 3.50. The Morgan fingerprint density at radius 1 is 0.941 bits per heavy atom. The van der Waals surface area contributed by atoms with Crippen LogP contribution >= 0.6 is 0 Å². The minimum absolute atomic E-state index is 0.308. The molecule has 1 aliphatic carbocycles. The molecule has 0 aliphatic heterocycles. The number of allylic oxidation sites excluding steroid dienone is 2. The first-order valence-corrected chi connectivity index (χ1v) is 7.43.